The summed E-state index contributed by atoms with van der Waals surface area (Å²) in [5.41, 5.74) is 5.17. The summed E-state index contributed by atoms with van der Waals surface area (Å²) in [5.74, 6) is -1.30. The lowest BCUT2D eigenvalue weighted by Crippen LogP contribution is -2.45. The molecule has 0 aliphatic heterocycles. The summed E-state index contributed by atoms with van der Waals surface area (Å²) in [5, 5.41) is 8.72. The third-order valence-electron chi connectivity index (χ3n) is 1.96. The first-order valence-corrected chi connectivity index (χ1v) is 7.14. The molecule has 0 saturated heterocycles. The summed E-state index contributed by atoms with van der Waals surface area (Å²) in [6, 6.07) is 4.72. The molecule has 0 radical (unpaired) electrons. The largest absolute Gasteiger partial charge is 0.480 e. The molecule has 0 heterocycles. The van der Waals surface area contributed by atoms with Gasteiger partial charge in [-0.15, -0.1) is 0 Å². The lowest BCUT2D eigenvalue weighted by atomic mass is 10.3. The lowest BCUT2D eigenvalue weighted by Gasteiger charge is -2.12. The number of nitrogens with two attached hydrogens (primary N) is 1. The quantitative estimate of drug-likeness (QED) is 0.632. The summed E-state index contributed by atoms with van der Waals surface area (Å²) in [6.07, 6.45) is 0. The van der Waals surface area contributed by atoms with Gasteiger partial charge in [0.25, 0.3) is 0 Å². The molecule has 4 N–H and O–H groups in total. The number of hydrogen-bond acceptors (Lipinski definition) is 4. The van der Waals surface area contributed by atoms with Crippen molar-refractivity contribution in [3.8, 4) is 0 Å². The van der Waals surface area contributed by atoms with Crippen LogP contribution in [0.5, 0.6) is 0 Å². The van der Waals surface area contributed by atoms with Gasteiger partial charge in [0.05, 0.1) is 4.90 Å². The third-order valence-corrected chi connectivity index (χ3v) is 4.16. The van der Waals surface area contributed by atoms with E-state index in [2.05, 4.69) is 0 Å². The molecule has 0 amide bonds. The standard InChI is InChI=1S/C9H11IN2O4S/c10-6-1-3-7(4-2-6)17(15,16)12-8(5-11)9(13)14/h1-4,8,12H,5,11H2,(H,13,14)/t8-/m1/s1. The zero-order valence-corrected chi connectivity index (χ0v) is 11.6. The van der Waals surface area contributed by atoms with Crippen molar-refractivity contribution in [2.45, 2.75) is 10.9 Å². The Morgan fingerprint density at radius 1 is 1.41 bits per heavy atom. The molecule has 0 aliphatic rings. The summed E-state index contributed by atoms with van der Waals surface area (Å²) in [4.78, 5) is 10.7. The zero-order valence-electron chi connectivity index (χ0n) is 8.63. The Morgan fingerprint density at radius 3 is 2.35 bits per heavy atom. The number of hydrogen-bond donors (Lipinski definition) is 3. The van der Waals surface area contributed by atoms with E-state index in [1.165, 1.54) is 12.1 Å². The van der Waals surface area contributed by atoms with Crippen LogP contribution < -0.4 is 10.5 Å². The number of rotatable bonds is 5. The fourth-order valence-electron chi connectivity index (χ4n) is 1.07. The predicted molar refractivity (Wildman–Crippen MR) is 70.0 cm³/mol. The van der Waals surface area contributed by atoms with Gasteiger partial charge in [-0.05, 0) is 46.9 Å². The van der Waals surface area contributed by atoms with Gasteiger partial charge in [-0.2, -0.15) is 4.72 Å². The van der Waals surface area contributed by atoms with Crippen molar-refractivity contribution in [3.05, 3.63) is 27.8 Å². The van der Waals surface area contributed by atoms with Crippen LogP contribution in [-0.4, -0.2) is 32.1 Å². The van der Waals surface area contributed by atoms with E-state index in [4.69, 9.17) is 10.8 Å². The van der Waals surface area contributed by atoms with Crippen LogP contribution in [-0.2, 0) is 14.8 Å². The molecule has 0 bridgehead atoms. The van der Waals surface area contributed by atoms with Crippen molar-refractivity contribution in [1.29, 1.82) is 0 Å². The minimum absolute atomic E-state index is 0.0117. The van der Waals surface area contributed by atoms with Crippen molar-refractivity contribution in [2.75, 3.05) is 6.54 Å². The molecule has 0 aromatic heterocycles. The molecule has 1 rings (SSSR count). The van der Waals surface area contributed by atoms with Gasteiger partial charge in [-0.25, -0.2) is 8.42 Å². The highest BCUT2D eigenvalue weighted by Gasteiger charge is 2.23. The van der Waals surface area contributed by atoms with Gasteiger partial charge in [-0.3, -0.25) is 4.79 Å². The normalized spacial score (nSPS) is 13.3. The number of carboxylic acid groups (broad SMARTS) is 1. The second-order valence-corrected chi connectivity index (χ2v) is 6.16. The van der Waals surface area contributed by atoms with E-state index in [9.17, 15) is 13.2 Å². The molecular weight excluding hydrogens is 359 g/mol. The Kier molecular flexibility index (Phi) is 4.86. The monoisotopic (exact) mass is 370 g/mol. The first-order valence-electron chi connectivity index (χ1n) is 4.57. The highest BCUT2D eigenvalue weighted by molar-refractivity contribution is 14.1. The van der Waals surface area contributed by atoms with Crippen molar-refractivity contribution in [2.24, 2.45) is 5.73 Å². The number of sulfonamides is 1. The van der Waals surface area contributed by atoms with Crippen LogP contribution in [0.4, 0.5) is 0 Å². The number of carbonyl (C=O) groups is 1. The molecule has 8 heteroatoms. The first-order chi connectivity index (χ1) is 7.86. The number of halogens is 1. The molecule has 17 heavy (non-hydrogen) atoms. The van der Waals surface area contributed by atoms with Gasteiger partial charge in [0.15, 0.2) is 0 Å². The molecule has 94 valence electrons. The van der Waals surface area contributed by atoms with Crippen molar-refractivity contribution >= 4 is 38.6 Å². The van der Waals surface area contributed by atoms with Gasteiger partial charge in [0.2, 0.25) is 10.0 Å². The van der Waals surface area contributed by atoms with E-state index in [0.717, 1.165) is 3.57 Å². The minimum Gasteiger partial charge on any atom is -0.480 e. The van der Waals surface area contributed by atoms with Crippen LogP contribution in [0.1, 0.15) is 0 Å². The van der Waals surface area contributed by atoms with Crippen molar-refractivity contribution in [3.63, 3.8) is 0 Å². The number of carboxylic acids is 1. The van der Waals surface area contributed by atoms with Crippen molar-refractivity contribution in [1.82, 2.24) is 4.72 Å². The summed E-state index contributed by atoms with van der Waals surface area (Å²) < 4.78 is 26.5. The Hall–Kier alpha value is -0.710. The van der Waals surface area contributed by atoms with Crippen molar-refractivity contribution < 1.29 is 18.3 Å². The molecule has 1 aromatic rings. The van der Waals surface area contributed by atoms with Crippen LogP contribution in [0.15, 0.2) is 29.2 Å². The second kappa shape index (κ2) is 5.76. The van der Waals surface area contributed by atoms with E-state index in [0.29, 0.717) is 0 Å². The van der Waals surface area contributed by atoms with E-state index in [-0.39, 0.29) is 11.4 Å². The van der Waals surface area contributed by atoms with Gasteiger partial charge < -0.3 is 10.8 Å². The summed E-state index contributed by atoms with van der Waals surface area (Å²) >= 11 is 2.04. The lowest BCUT2D eigenvalue weighted by molar-refractivity contribution is -0.138. The second-order valence-electron chi connectivity index (χ2n) is 3.20. The Balaban J connectivity index is 2.96. The zero-order chi connectivity index (χ0) is 13.1. The number of benzene rings is 1. The molecule has 0 fully saturated rings. The molecule has 1 atom stereocenters. The highest BCUT2D eigenvalue weighted by atomic mass is 127. The average molecular weight is 370 g/mol. The Labute approximate surface area is 112 Å². The van der Waals surface area contributed by atoms with E-state index in [1.54, 1.807) is 12.1 Å². The average Bonchev–Trinajstić information content (AvgIpc) is 2.26. The van der Waals surface area contributed by atoms with E-state index in [1.807, 2.05) is 27.3 Å². The maximum absolute atomic E-state index is 11.8. The van der Waals surface area contributed by atoms with Gasteiger partial charge in [0.1, 0.15) is 6.04 Å². The number of aliphatic carboxylic acids is 1. The molecule has 0 unspecified atom stereocenters. The molecule has 0 saturated carbocycles. The van der Waals surface area contributed by atoms with E-state index < -0.39 is 22.0 Å². The van der Waals surface area contributed by atoms with Gasteiger partial charge in [-0.1, -0.05) is 0 Å². The van der Waals surface area contributed by atoms with Crippen LogP contribution in [0, 0.1) is 3.57 Å². The fraction of sp³-hybridized carbons (Fsp3) is 0.222. The van der Waals surface area contributed by atoms with Gasteiger partial charge >= 0.3 is 5.97 Å². The summed E-state index contributed by atoms with van der Waals surface area (Å²) in [6.45, 7) is -0.307. The first kappa shape index (κ1) is 14.4. The highest BCUT2D eigenvalue weighted by Crippen LogP contribution is 2.12. The van der Waals surface area contributed by atoms with Gasteiger partial charge in [0, 0.05) is 10.1 Å². The predicted octanol–water partition coefficient (Wildman–Crippen LogP) is -0.0186. The van der Waals surface area contributed by atoms with Crippen LogP contribution in [0.2, 0.25) is 0 Å². The van der Waals surface area contributed by atoms with Crippen LogP contribution in [0.3, 0.4) is 0 Å². The SMILES string of the molecule is NC[C@@H](NS(=O)(=O)c1ccc(I)cc1)C(=O)O. The topological polar surface area (TPSA) is 109 Å². The molecular formula is C9H11IN2O4S. The maximum atomic E-state index is 11.8. The molecule has 6 nitrogen and oxygen atoms in total. The maximum Gasteiger partial charge on any atom is 0.323 e. The Morgan fingerprint density at radius 2 is 1.94 bits per heavy atom. The van der Waals surface area contributed by atoms with E-state index >= 15 is 0 Å². The Bertz CT molecular complexity index is 500. The summed E-state index contributed by atoms with van der Waals surface area (Å²) in [7, 11) is -3.85. The smallest absolute Gasteiger partial charge is 0.323 e. The molecule has 0 spiro atoms. The van der Waals surface area contributed by atoms with Crippen LogP contribution in [0.25, 0.3) is 0 Å². The molecule has 0 aliphatic carbocycles. The number of nitrogens with one attached hydrogen (secondary N) is 1. The molecule has 1 aromatic carbocycles. The minimum atomic E-state index is -3.85. The fourth-order valence-corrected chi connectivity index (χ4v) is 2.63. The van der Waals surface area contributed by atoms with Crippen LogP contribution >= 0.6 is 22.6 Å². The third kappa shape index (κ3) is 3.91.